The fraction of sp³-hybridized carbons (Fsp3) is 0.647. The highest BCUT2D eigenvalue weighted by molar-refractivity contribution is 5.25. The molecule has 19 heavy (non-hydrogen) atoms. The first kappa shape index (κ1) is 14.5. The van der Waals surface area contributed by atoms with E-state index in [0.29, 0.717) is 0 Å². The molecule has 1 aliphatic heterocycles. The number of nitrogens with zero attached hydrogens (tertiary/aromatic N) is 1. The maximum absolute atomic E-state index is 3.55. The van der Waals surface area contributed by atoms with E-state index in [1.807, 2.05) is 0 Å². The van der Waals surface area contributed by atoms with Gasteiger partial charge in [-0.25, -0.2) is 0 Å². The molecule has 2 atom stereocenters. The quantitative estimate of drug-likeness (QED) is 0.846. The zero-order valence-corrected chi connectivity index (χ0v) is 12.7. The third kappa shape index (κ3) is 3.80. The van der Waals surface area contributed by atoms with Crippen LogP contribution in [-0.2, 0) is 5.41 Å². The molecule has 0 radical (unpaired) electrons. The molecule has 1 aromatic carbocycles. The van der Waals surface area contributed by atoms with Crippen LogP contribution in [0.2, 0.25) is 0 Å². The topological polar surface area (TPSA) is 15.3 Å². The molecule has 1 fully saturated rings. The molecule has 1 heterocycles. The van der Waals surface area contributed by atoms with Crippen LogP contribution in [0.15, 0.2) is 30.3 Å². The minimum atomic E-state index is 0.210. The average Bonchev–Trinajstić information content (AvgIpc) is 2.83. The summed E-state index contributed by atoms with van der Waals surface area (Å²) >= 11 is 0. The van der Waals surface area contributed by atoms with Crippen LogP contribution >= 0.6 is 0 Å². The number of benzene rings is 1. The van der Waals surface area contributed by atoms with Crippen LogP contribution in [0.1, 0.15) is 32.8 Å². The molecule has 106 valence electrons. The van der Waals surface area contributed by atoms with Crippen LogP contribution in [0.4, 0.5) is 0 Å². The van der Waals surface area contributed by atoms with Crippen LogP contribution < -0.4 is 5.32 Å². The van der Waals surface area contributed by atoms with E-state index in [2.05, 4.69) is 61.3 Å². The number of likely N-dealkylation sites (N-methyl/N-ethyl adjacent to an activating group) is 1. The van der Waals surface area contributed by atoms with Gasteiger partial charge in [0, 0.05) is 25.0 Å². The fourth-order valence-electron chi connectivity index (χ4n) is 3.15. The third-order valence-corrected chi connectivity index (χ3v) is 4.32. The Kier molecular flexibility index (Phi) is 5.00. The first-order valence-corrected chi connectivity index (χ1v) is 7.62. The Labute approximate surface area is 118 Å². The molecule has 1 aromatic rings. The zero-order valence-electron chi connectivity index (χ0n) is 12.7. The SMILES string of the molecule is CCNCC(C)(CN1CCC(C)C1)c1ccccc1. The molecule has 0 aliphatic carbocycles. The number of likely N-dealkylation sites (tertiary alicyclic amines) is 1. The van der Waals surface area contributed by atoms with E-state index in [1.165, 1.54) is 25.1 Å². The van der Waals surface area contributed by atoms with Crippen LogP contribution in [0.25, 0.3) is 0 Å². The average molecular weight is 260 g/mol. The predicted molar refractivity (Wildman–Crippen MR) is 82.6 cm³/mol. The zero-order chi connectivity index (χ0) is 13.7. The molecular formula is C17H28N2. The van der Waals surface area contributed by atoms with E-state index in [9.17, 15) is 0 Å². The van der Waals surface area contributed by atoms with E-state index < -0.39 is 0 Å². The number of hydrogen-bond donors (Lipinski definition) is 1. The summed E-state index contributed by atoms with van der Waals surface area (Å²) in [5.74, 6) is 0.860. The molecule has 0 aromatic heterocycles. The van der Waals surface area contributed by atoms with Gasteiger partial charge in [-0.05, 0) is 31.0 Å². The monoisotopic (exact) mass is 260 g/mol. The summed E-state index contributed by atoms with van der Waals surface area (Å²) in [7, 11) is 0. The Bertz CT molecular complexity index is 376. The summed E-state index contributed by atoms with van der Waals surface area (Å²) in [4.78, 5) is 2.63. The third-order valence-electron chi connectivity index (χ3n) is 4.32. The number of rotatable bonds is 6. The molecule has 0 amide bonds. The highest BCUT2D eigenvalue weighted by Crippen LogP contribution is 2.27. The molecule has 1 aliphatic rings. The van der Waals surface area contributed by atoms with Crippen molar-refractivity contribution in [1.29, 1.82) is 0 Å². The van der Waals surface area contributed by atoms with Crippen molar-refractivity contribution < 1.29 is 0 Å². The second-order valence-electron chi connectivity index (χ2n) is 6.34. The summed E-state index contributed by atoms with van der Waals surface area (Å²) in [5, 5.41) is 3.55. The summed E-state index contributed by atoms with van der Waals surface area (Å²) in [6.07, 6.45) is 1.35. The molecule has 0 bridgehead atoms. The van der Waals surface area contributed by atoms with Crippen LogP contribution in [0.3, 0.4) is 0 Å². The van der Waals surface area contributed by atoms with Crippen molar-refractivity contribution in [3.63, 3.8) is 0 Å². The molecule has 1 saturated heterocycles. The Morgan fingerprint density at radius 1 is 1.32 bits per heavy atom. The first-order chi connectivity index (χ1) is 9.14. The number of hydrogen-bond acceptors (Lipinski definition) is 2. The van der Waals surface area contributed by atoms with Gasteiger partial charge in [0.05, 0.1) is 0 Å². The predicted octanol–water partition coefficient (Wildman–Crippen LogP) is 2.90. The largest absolute Gasteiger partial charge is 0.316 e. The van der Waals surface area contributed by atoms with E-state index in [0.717, 1.165) is 25.6 Å². The molecule has 0 spiro atoms. The Morgan fingerprint density at radius 3 is 2.63 bits per heavy atom. The molecule has 2 rings (SSSR count). The lowest BCUT2D eigenvalue weighted by Crippen LogP contribution is -2.44. The van der Waals surface area contributed by atoms with E-state index in [1.54, 1.807) is 0 Å². The lowest BCUT2D eigenvalue weighted by molar-refractivity contribution is 0.245. The highest BCUT2D eigenvalue weighted by atomic mass is 15.2. The van der Waals surface area contributed by atoms with Gasteiger partial charge in [-0.15, -0.1) is 0 Å². The van der Waals surface area contributed by atoms with Crippen molar-refractivity contribution in [3.8, 4) is 0 Å². The lowest BCUT2D eigenvalue weighted by atomic mass is 9.81. The van der Waals surface area contributed by atoms with Crippen molar-refractivity contribution in [2.45, 2.75) is 32.6 Å². The summed E-state index contributed by atoms with van der Waals surface area (Å²) < 4.78 is 0. The lowest BCUT2D eigenvalue weighted by Gasteiger charge is -2.34. The van der Waals surface area contributed by atoms with E-state index in [4.69, 9.17) is 0 Å². The van der Waals surface area contributed by atoms with Crippen molar-refractivity contribution in [2.75, 3.05) is 32.7 Å². The van der Waals surface area contributed by atoms with Crippen LogP contribution in [-0.4, -0.2) is 37.6 Å². The molecule has 2 unspecified atom stereocenters. The Hall–Kier alpha value is -0.860. The van der Waals surface area contributed by atoms with Gasteiger partial charge < -0.3 is 10.2 Å². The standard InChI is InChI=1S/C17H28N2/c1-4-18-13-17(3,16-8-6-5-7-9-16)14-19-11-10-15(2)12-19/h5-9,15,18H,4,10-14H2,1-3H3. The fourth-order valence-corrected chi connectivity index (χ4v) is 3.15. The molecule has 0 saturated carbocycles. The van der Waals surface area contributed by atoms with Crippen molar-refractivity contribution in [1.82, 2.24) is 10.2 Å². The van der Waals surface area contributed by atoms with Gasteiger partial charge in [0.2, 0.25) is 0 Å². The molecular weight excluding hydrogens is 232 g/mol. The molecule has 1 N–H and O–H groups in total. The number of nitrogens with one attached hydrogen (secondary N) is 1. The van der Waals surface area contributed by atoms with Crippen LogP contribution in [0, 0.1) is 5.92 Å². The maximum Gasteiger partial charge on any atom is 0.0177 e. The molecule has 2 nitrogen and oxygen atoms in total. The van der Waals surface area contributed by atoms with Gasteiger partial charge in [-0.2, -0.15) is 0 Å². The molecule has 2 heteroatoms. The van der Waals surface area contributed by atoms with Gasteiger partial charge in [0.25, 0.3) is 0 Å². The summed E-state index contributed by atoms with van der Waals surface area (Å²) in [6, 6.07) is 11.0. The summed E-state index contributed by atoms with van der Waals surface area (Å²) in [6.45, 7) is 12.7. The Morgan fingerprint density at radius 2 is 2.05 bits per heavy atom. The summed E-state index contributed by atoms with van der Waals surface area (Å²) in [5.41, 5.74) is 1.66. The first-order valence-electron chi connectivity index (χ1n) is 7.62. The van der Waals surface area contributed by atoms with Crippen molar-refractivity contribution in [3.05, 3.63) is 35.9 Å². The van der Waals surface area contributed by atoms with Crippen LogP contribution in [0.5, 0.6) is 0 Å². The van der Waals surface area contributed by atoms with Gasteiger partial charge in [0.15, 0.2) is 0 Å². The van der Waals surface area contributed by atoms with Gasteiger partial charge in [-0.3, -0.25) is 0 Å². The maximum atomic E-state index is 3.55. The van der Waals surface area contributed by atoms with Gasteiger partial charge >= 0.3 is 0 Å². The minimum absolute atomic E-state index is 0.210. The second-order valence-corrected chi connectivity index (χ2v) is 6.34. The van der Waals surface area contributed by atoms with E-state index >= 15 is 0 Å². The smallest absolute Gasteiger partial charge is 0.0177 e. The second kappa shape index (κ2) is 6.53. The Balaban J connectivity index is 2.10. The van der Waals surface area contributed by atoms with Gasteiger partial charge in [-0.1, -0.05) is 51.1 Å². The normalized spacial score (nSPS) is 23.4. The van der Waals surface area contributed by atoms with Gasteiger partial charge in [0.1, 0.15) is 0 Å². The van der Waals surface area contributed by atoms with Crippen molar-refractivity contribution >= 4 is 0 Å². The minimum Gasteiger partial charge on any atom is -0.316 e. The van der Waals surface area contributed by atoms with E-state index in [-0.39, 0.29) is 5.41 Å². The van der Waals surface area contributed by atoms with Crippen molar-refractivity contribution in [2.24, 2.45) is 5.92 Å². The highest BCUT2D eigenvalue weighted by Gasteiger charge is 2.31.